The Balaban J connectivity index is 2.53. The van der Waals surface area contributed by atoms with Crippen molar-refractivity contribution in [2.24, 2.45) is 5.92 Å². The number of rotatable bonds is 3. The molecule has 1 fully saturated rings. The van der Waals surface area contributed by atoms with Crippen LogP contribution in [0.3, 0.4) is 0 Å². The van der Waals surface area contributed by atoms with Crippen LogP contribution in [0.1, 0.15) is 77.6 Å². The van der Waals surface area contributed by atoms with Crippen molar-refractivity contribution < 1.29 is 4.92 Å². The maximum Gasteiger partial charge on any atom is 0.213 e. The topological polar surface area (TPSA) is 43.1 Å². The third-order valence-electron chi connectivity index (χ3n) is 4.18. The summed E-state index contributed by atoms with van der Waals surface area (Å²) in [4.78, 5) is 11.0. The molecule has 3 nitrogen and oxygen atoms in total. The first-order valence-corrected chi connectivity index (χ1v) is 8.04. The Morgan fingerprint density at radius 2 is 1.63 bits per heavy atom. The first-order chi connectivity index (χ1) is 9.24. The third-order valence-corrected chi connectivity index (χ3v) is 4.18. The van der Waals surface area contributed by atoms with Gasteiger partial charge in [-0.25, -0.2) is 0 Å². The van der Waals surface area contributed by atoms with E-state index in [-0.39, 0.29) is 11.0 Å². The van der Waals surface area contributed by atoms with Crippen molar-refractivity contribution in [1.29, 1.82) is 0 Å². The van der Waals surface area contributed by atoms with E-state index in [2.05, 4.69) is 19.1 Å². The number of nitro groups is 1. The standard InChI is InChI=1S/C16H29NO2/c1-2-3-10-15-11-8-6-4-5-7-9-12-16(14-13-15)17(18)19/h3,10,15-16H,2,4-9,11-14H2,1H3/b10-3+. The first-order valence-electron chi connectivity index (χ1n) is 8.04. The minimum atomic E-state index is -0.308. The Morgan fingerprint density at radius 1 is 1.00 bits per heavy atom. The molecule has 0 spiro atoms. The SMILES string of the molecule is CC/C=C/C1CCCCCCCCC([N+](=O)[O-])CC1. The Kier molecular flexibility index (Phi) is 8.52. The van der Waals surface area contributed by atoms with Crippen LogP contribution in [0.4, 0.5) is 0 Å². The third kappa shape index (κ3) is 7.34. The van der Waals surface area contributed by atoms with Gasteiger partial charge in [0.15, 0.2) is 0 Å². The summed E-state index contributed by atoms with van der Waals surface area (Å²) in [6.07, 6.45) is 16.7. The fourth-order valence-corrected chi connectivity index (χ4v) is 2.92. The highest BCUT2D eigenvalue weighted by Gasteiger charge is 2.21. The van der Waals surface area contributed by atoms with E-state index >= 15 is 0 Å². The van der Waals surface area contributed by atoms with E-state index in [0.29, 0.717) is 5.92 Å². The van der Waals surface area contributed by atoms with Crippen molar-refractivity contribution in [2.45, 2.75) is 83.6 Å². The van der Waals surface area contributed by atoms with Crippen LogP contribution in [0.5, 0.6) is 0 Å². The zero-order valence-electron chi connectivity index (χ0n) is 12.4. The average Bonchev–Trinajstić information content (AvgIpc) is 2.38. The van der Waals surface area contributed by atoms with Crippen LogP contribution in [-0.4, -0.2) is 11.0 Å². The zero-order chi connectivity index (χ0) is 13.9. The monoisotopic (exact) mass is 267 g/mol. The van der Waals surface area contributed by atoms with Crippen LogP contribution >= 0.6 is 0 Å². The molecule has 110 valence electrons. The molecule has 3 heteroatoms. The molecule has 1 rings (SSSR count). The second kappa shape index (κ2) is 9.99. The van der Waals surface area contributed by atoms with E-state index in [1.54, 1.807) is 0 Å². The van der Waals surface area contributed by atoms with E-state index in [0.717, 1.165) is 32.1 Å². The Bertz CT molecular complexity index is 276. The van der Waals surface area contributed by atoms with Crippen molar-refractivity contribution in [1.82, 2.24) is 0 Å². The lowest BCUT2D eigenvalue weighted by Crippen LogP contribution is -2.20. The van der Waals surface area contributed by atoms with Crippen molar-refractivity contribution in [3.05, 3.63) is 22.3 Å². The average molecular weight is 267 g/mol. The molecule has 0 aromatic heterocycles. The molecule has 0 N–H and O–H groups in total. The summed E-state index contributed by atoms with van der Waals surface area (Å²) in [5.41, 5.74) is 0. The molecule has 2 atom stereocenters. The van der Waals surface area contributed by atoms with Crippen molar-refractivity contribution in [3.63, 3.8) is 0 Å². The van der Waals surface area contributed by atoms with Gasteiger partial charge < -0.3 is 0 Å². The van der Waals surface area contributed by atoms with Gasteiger partial charge in [-0.2, -0.15) is 0 Å². The molecule has 0 bridgehead atoms. The van der Waals surface area contributed by atoms with Crippen molar-refractivity contribution in [2.75, 3.05) is 0 Å². The molecule has 0 radical (unpaired) electrons. The lowest BCUT2D eigenvalue weighted by Gasteiger charge is -2.16. The number of hydrogen-bond acceptors (Lipinski definition) is 2. The fraction of sp³-hybridized carbons (Fsp3) is 0.875. The molecule has 0 aromatic rings. The molecule has 19 heavy (non-hydrogen) atoms. The Morgan fingerprint density at radius 3 is 2.26 bits per heavy atom. The Labute approximate surface area is 117 Å². The van der Waals surface area contributed by atoms with Crippen LogP contribution in [0, 0.1) is 16.0 Å². The largest absolute Gasteiger partial charge is 0.264 e. The van der Waals surface area contributed by atoms with Gasteiger partial charge in [0.25, 0.3) is 0 Å². The lowest BCUT2D eigenvalue weighted by atomic mass is 9.91. The van der Waals surface area contributed by atoms with Gasteiger partial charge in [-0.1, -0.05) is 51.2 Å². The second-order valence-electron chi connectivity index (χ2n) is 5.81. The van der Waals surface area contributed by atoms with Crippen LogP contribution < -0.4 is 0 Å². The summed E-state index contributed by atoms with van der Waals surface area (Å²) in [6.45, 7) is 2.14. The summed E-state index contributed by atoms with van der Waals surface area (Å²) in [7, 11) is 0. The summed E-state index contributed by atoms with van der Waals surface area (Å²) in [5, 5.41) is 11.1. The second-order valence-corrected chi connectivity index (χ2v) is 5.81. The molecule has 1 aliphatic rings. The smallest absolute Gasteiger partial charge is 0.213 e. The molecule has 0 saturated heterocycles. The lowest BCUT2D eigenvalue weighted by molar-refractivity contribution is -0.524. The molecular formula is C16H29NO2. The number of hydrogen-bond donors (Lipinski definition) is 0. The molecular weight excluding hydrogens is 238 g/mol. The van der Waals surface area contributed by atoms with Gasteiger partial charge in [0, 0.05) is 17.8 Å². The van der Waals surface area contributed by atoms with E-state index in [1.165, 1.54) is 38.5 Å². The van der Waals surface area contributed by atoms with E-state index in [9.17, 15) is 10.1 Å². The highest BCUT2D eigenvalue weighted by Crippen LogP contribution is 2.23. The minimum absolute atomic E-state index is 0.0492. The van der Waals surface area contributed by atoms with Gasteiger partial charge in [-0.3, -0.25) is 10.1 Å². The predicted molar refractivity (Wildman–Crippen MR) is 79.9 cm³/mol. The molecule has 2 unspecified atom stereocenters. The normalized spacial score (nSPS) is 27.6. The molecule has 1 aliphatic carbocycles. The van der Waals surface area contributed by atoms with Gasteiger partial charge >= 0.3 is 0 Å². The minimum Gasteiger partial charge on any atom is -0.264 e. The molecule has 0 aromatic carbocycles. The quantitative estimate of drug-likeness (QED) is 0.404. The van der Waals surface area contributed by atoms with Gasteiger partial charge in [0.05, 0.1) is 0 Å². The molecule has 1 saturated carbocycles. The van der Waals surface area contributed by atoms with Crippen LogP contribution in [0.25, 0.3) is 0 Å². The summed E-state index contributed by atoms with van der Waals surface area (Å²) in [6, 6.07) is -0.308. The number of nitrogens with zero attached hydrogens (tertiary/aromatic N) is 1. The fourth-order valence-electron chi connectivity index (χ4n) is 2.92. The van der Waals surface area contributed by atoms with Gasteiger partial charge in [-0.05, 0) is 31.6 Å². The van der Waals surface area contributed by atoms with Crippen LogP contribution in [0.15, 0.2) is 12.2 Å². The van der Waals surface area contributed by atoms with E-state index in [1.807, 2.05) is 0 Å². The summed E-state index contributed by atoms with van der Waals surface area (Å²) in [5.74, 6) is 0.557. The van der Waals surface area contributed by atoms with E-state index < -0.39 is 0 Å². The molecule has 0 aliphatic heterocycles. The van der Waals surface area contributed by atoms with Crippen LogP contribution in [0.2, 0.25) is 0 Å². The maximum absolute atomic E-state index is 11.1. The van der Waals surface area contributed by atoms with Gasteiger partial charge in [0.2, 0.25) is 6.04 Å². The molecule has 0 amide bonds. The molecule has 0 heterocycles. The number of allylic oxidation sites excluding steroid dienone is 2. The highest BCUT2D eigenvalue weighted by atomic mass is 16.6. The summed E-state index contributed by atoms with van der Waals surface area (Å²) < 4.78 is 0. The van der Waals surface area contributed by atoms with E-state index in [4.69, 9.17) is 0 Å². The first kappa shape index (κ1) is 16.2. The van der Waals surface area contributed by atoms with Crippen LogP contribution in [-0.2, 0) is 0 Å². The van der Waals surface area contributed by atoms with Gasteiger partial charge in [-0.15, -0.1) is 0 Å². The zero-order valence-corrected chi connectivity index (χ0v) is 12.4. The predicted octanol–water partition coefficient (Wildman–Crippen LogP) is 5.13. The summed E-state index contributed by atoms with van der Waals surface area (Å²) >= 11 is 0. The maximum atomic E-state index is 11.1. The van der Waals surface area contributed by atoms with Crippen molar-refractivity contribution in [3.8, 4) is 0 Å². The van der Waals surface area contributed by atoms with Gasteiger partial charge in [0.1, 0.15) is 0 Å². The van der Waals surface area contributed by atoms with Crippen molar-refractivity contribution >= 4 is 0 Å². The Hall–Kier alpha value is -0.860. The highest BCUT2D eigenvalue weighted by molar-refractivity contribution is 4.88.